The standard InChI is InChI=1S/C16H27N/c1-7-17-15(11-16(4,5)6)14-10-8-9-12(2)13(14)3/h8-10,15,17H,7,11H2,1-6H3. The van der Waals surface area contributed by atoms with Gasteiger partial charge < -0.3 is 5.32 Å². The van der Waals surface area contributed by atoms with Crippen LogP contribution in [0.3, 0.4) is 0 Å². The second-order valence-electron chi connectivity index (χ2n) is 6.16. The largest absolute Gasteiger partial charge is 0.310 e. The summed E-state index contributed by atoms with van der Waals surface area (Å²) >= 11 is 0. The Morgan fingerprint density at radius 3 is 2.35 bits per heavy atom. The summed E-state index contributed by atoms with van der Waals surface area (Å²) in [7, 11) is 0. The molecule has 0 saturated carbocycles. The predicted molar refractivity (Wildman–Crippen MR) is 76.4 cm³/mol. The maximum Gasteiger partial charge on any atom is 0.0327 e. The average Bonchev–Trinajstić information content (AvgIpc) is 2.19. The van der Waals surface area contributed by atoms with E-state index in [2.05, 4.69) is 65.1 Å². The molecule has 1 unspecified atom stereocenters. The number of benzene rings is 1. The first kappa shape index (κ1) is 14.2. The minimum absolute atomic E-state index is 0.350. The summed E-state index contributed by atoms with van der Waals surface area (Å²) in [6.45, 7) is 14.6. The van der Waals surface area contributed by atoms with Crippen molar-refractivity contribution in [2.24, 2.45) is 5.41 Å². The monoisotopic (exact) mass is 233 g/mol. The number of hydrogen-bond acceptors (Lipinski definition) is 1. The zero-order valence-corrected chi connectivity index (χ0v) is 12.2. The second-order valence-corrected chi connectivity index (χ2v) is 6.16. The van der Waals surface area contributed by atoms with Crippen LogP contribution in [-0.2, 0) is 0 Å². The normalized spacial score (nSPS) is 13.8. The highest BCUT2D eigenvalue weighted by atomic mass is 14.9. The molecule has 0 saturated heterocycles. The molecule has 1 N–H and O–H groups in total. The van der Waals surface area contributed by atoms with Crippen molar-refractivity contribution in [3.63, 3.8) is 0 Å². The zero-order valence-electron chi connectivity index (χ0n) is 12.2. The van der Waals surface area contributed by atoms with Crippen molar-refractivity contribution in [1.82, 2.24) is 5.32 Å². The lowest BCUT2D eigenvalue weighted by molar-refractivity contribution is 0.313. The van der Waals surface area contributed by atoms with Crippen LogP contribution < -0.4 is 5.32 Å². The third-order valence-electron chi connectivity index (χ3n) is 3.29. The molecule has 0 aliphatic rings. The van der Waals surface area contributed by atoms with Crippen molar-refractivity contribution in [2.45, 2.75) is 54.0 Å². The number of rotatable bonds is 4. The SMILES string of the molecule is CCNC(CC(C)(C)C)c1cccc(C)c1C. The molecule has 0 heterocycles. The summed E-state index contributed by atoms with van der Waals surface area (Å²) in [5, 5.41) is 3.62. The molecule has 0 spiro atoms. The molecule has 96 valence electrons. The van der Waals surface area contributed by atoms with Crippen LogP contribution in [0.4, 0.5) is 0 Å². The summed E-state index contributed by atoms with van der Waals surface area (Å²) in [6.07, 6.45) is 1.17. The van der Waals surface area contributed by atoms with E-state index in [0.29, 0.717) is 11.5 Å². The van der Waals surface area contributed by atoms with Crippen LogP contribution in [0.5, 0.6) is 0 Å². The Morgan fingerprint density at radius 2 is 1.82 bits per heavy atom. The summed E-state index contributed by atoms with van der Waals surface area (Å²) in [4.78, 5) is 0. The first-order valence-electron chi connectivity index (χ1n) is 6.64. The molecule has 0 amide bonds. The van der Waals surface area contributed by atoms with Crippen molar-refractivity contribution in [1.29, 1.82) is 0 Å². The van der Waals surface area contributed by atoms with E-state index in [1.165, 1.54) is 23.1 Å². The molecule has 0 aliphatic carbocycles. The van der Waals surface area contributed by atoms with Gasteiger partial charge in [-0.3, -0.25) is 0 Å². The molecule has 0 radical (unpaired) electrons. The third-order valence-corrected chi connectivity index (χ3v) is 3.29. The van der Waals surface area contributed by atoms with Crippen LogP contribution in [-0.4, -0.2) is 6.54 Å². The van der Waals surface area contributed by atoms with Gasteiger partial charge in [0.1, 0.15) is 0 Å². The summed E-state index contributed by atoms with van der Waals surface area (Å²) in [5.41, 5.74) is 4.63. The van der Waals surface area contributed by atoms with Crippen molar-refractivity contribution in [3.8, 4) is 0 Å². The van der Waals surface area contributed by atoms with Crippen LogP contribution in [0.2, 0.25) is 0 Å². The van der Waals surface area contributed by atoms with E-state index >= 15 is 0 Å². The number of aryl methyl sites for hydroxylation is 1. The van der Waals surface area contributed by atoms with E-state index in [9.17, 15) is 0 Å². The van der Waals surface area contributed by atoms with E-state index in [0.717, 1.165) is 6.54 Å². The quantitative estimate of drug-likeness (QED) is 0.813. The Kier molecular flexibility index (Phi) is 4.76. The summed E-state index contributed by atoms with van der Waals surface area (Å²) in [6, 6.07) is 7.10. The van der Waals surface area contributed by atoms with Crippen molar-refractivity contribution in [2.75, 3.05) is 6.54 Å². The Balaban J connectivity index is 3.01. The van der Waals surface area contributed by atoms with Gasteiger partial charge in [0, 0.05) is 6.04 Å². The van der Waals surface area contributed by atoms with Gasteiger partial charge in [-0.1, -0.05) is 45.9 Å². The maximum atomic E-state index is 3.62. The minimum atomic E-state index is 0.350. The van der Waals surface area contributed by atoms with E-state index in [-0.39, 0.29) is 0 Å². The average molecular weight is 233 g/mol. The number of hydrogen-bond donors (Lipinski definition) is 1. The first-order valence-corrected chi connectivity index (χ1v) is 6.64. The molecule has 1 aromatic carbocycles. The predicted octanol–water partition coefficient (Wildman–Crippen LogP) is 4.39. The van der Waals surface area contributed by atoms with E-state index in [4.69, 9.17) is 0 Å². The Labute approximate surface area is 107 Å². The molecular formula is C16H27N. The molecule has 1 atom stereocenters. The zero-order chi connectivity index (χ0) is 13.1. The number of nitrogens with one attached hydrogen (secondary N) is 1. The molecule has 17 heavy (non-hydrogen) atoms. The highest BCUT2D eigenvalue weighted by molar-refractivity contribution is 5.35. The second kappa shape index (κ2) is 5.68. The highest BCUT2D eigenvalue weighted by Gasteiger charge is 2.20. The van der Waals surface area contributed by atoms with E-state index < -0.39 is 0 Å². The molecule has 0 aliphatic heterocycles. The summed E-state index contributed by atoms with van der Waals surface area (Å²) in [5.74, 6) is 0. The fourth-order valence-corrected chi connectivity index (χ4v) is 2.30. The fourth-order valence-electron chi connectivity index (χ4n) is 2.30. The smallest absolute Gasteiger partial charge is 0.0327 e. The fraction of sp³-hybridized carbons (Fsp3) is 0.625. The summed E-state index contributed by atoms with van der Waals surface area (Å²) < 4.78 is 0. The molecule has 1 aromatic rings. The van der Waals surface area contributed by atoms with Gasteiger partial charge >= 0.3 is 0 Å². The van der Waals surface area contributed by atoms with Crippen molar-refractivity contribution in [3.05, 3.63) is 34.9 Å². The first-order chi connectivity index (χ1) is 7.85. The molecule has 0 fully saturated rings. The van der Waals surface area contributed by atoms with Gasteiger partial charge in [-0.05, 0) is 48.9 Å². The lowest BCUT2D eigenvalue weighted by Crippen LogP contribution is -2.26. The topological polar surface area (TPSA) is 12.0 Å². The van der Waals surface area contributed by atoms with Gasteiger partial charge in [0.05, 0.1) is 0 Å². The molecule has 0 aromatic heterocycles. The lowest BCUT2D eigenvalue weighted by Gasteiger charge is -2.28. The van der Waals surface area contributed by atoms with Crippen LogP contribution in [0.1, 0.15) is 56.8 Å². The molecule has 1 heteroatoms. The van der Waals surface area contributed by atoms with Gasteiger partial charge in [-0.25, -0.2) is 0 Å². The van der Waals surface area contributed by atoms with Gasteiger partial charge in [0.2, 0.25) is 0 Å². The lowest BCUT2D eigenvalue weighted by atomic mass is 9.83. The van der Waals surface area contributed by atoms with Crippen LogP contribution in [0, 0.1) is 19.3 Å². The third kappa shape index (κ3) is 4.16. The highest BCUT2D eigenvalue weighted by Crippen LogP contribution is 2.31. The van der Waals surface area contributed by atoms with E-state index in [1.807, 2.05) is 0 Å². The van der Waals surface area contributed by atoms with Crippen LogP contribution >= 0.6 is 0 Å². The van der Waals surface area contributed by atoms with Crippen LogP contribution in [0.25, 0.3) is 0 Å². The molecular weight excluding hydrogens is 206 g/mol. The maximum absolute atomic E-state index is 3.62. The Bertz CT molecular complexity index is 360. The Morgan fingerprint density at radius 1 is 1.18 bits per heavy atom. The van der Waals surface area contributed by atoms with E-state index in [1.54, 1.807) is 0 Å². The van der Waals surface area contributed by atoms with Crippen LogP contribution in [0.15, 0.2) is 18.2 Å². The molecule has 1 rings (SSSR count). The Hall–Kier alpha value is -0.820. The van der Waals surface area contributed by atoms with Gasteiger partial charge in [-0.2, -0.15) is 0 Å². The minimum Gasteiger partial charge on any atom is -0.310 e. The molecule has 0 bridgehead atoms. The van der Waals surface area contributed by atoms with Gasteiger partial charge in [-0.15, -0.1) is 0 Å². The molecule has 1 nitrogen and oxygen atoms in total. The van der Waals surface area contributed by atoms with Crippen molar-refractivity contribution >= 4 is 0 Å². The van der Waals surface area contributed by atoms with Crippen molar-refractivity contribution < 1.29 is 0 Å². The van der Waals surface area contributed by atoms with Gasteiger partial charge in [0.25, 0.3) is 0 Å². The van der Waals surface area contributed by atoms with Gasteiger partial charge in [0.15, 0.2) is 0 Å².